The third-order valence-corrected chi connectivity index (χ3v) is 5.47. The summed E-state index contributed by atoms with van der Waals surface area (Å²) in [7, 11) is 0. The van der Waals surface area contributed by atoms with Crippen molar-refractivity contribution in [1.29, 1.82) is 0 Å². The van der Waals surface area contributed by atoms with Gasteiger partial charge in [0, 0.05) is 24.7 Å². The number of benzene rings is 1. The Hall–Kier alpha value is -1.19. The molecular weight excluding hydrogens is 300 g/mol. The van der Waals surface area contributed by atoms with Gasteiger partial charge in [-0.15, -0.1) is 0 Å². The Kier molecular flexibility index (Phi) is 4.85. The molecule has 3 rings (SSSR count). The van der Waals surface area contributed by atoms with Crippen LogP contribution in [0.3, 0.4) is 0 Å². The fraction of sp³-hybridized carbons (Fsp3) is 0.667. The Morgan fingerprint density at radius 1 is 1.00 bits per heavy atom. The summed E-state index contributed by atoms with van der Waals surface area (Å²) < 4.78 is 11.9. The van der Waals surface area contributed by atoms with Crippen LogP contribution in [0.4, 0.5) is 0 Å². The molecule has 0 N–H and O–H groups in total. The minimum atomic E-state index is -0.536. The normalized spacial score (nSPS) is 28.1. The van der Waals surface area contributed by atoms with Crippen LogP contribution in [-0.4, -0.2) is 24.8 Å². The minimum absolute atomic E-state index is 0.0619. The van der Waals surface area contributed by atoms with Gasteiger partial charge in [-0.3, -0.25) is 4.79 Å². The van der Waals surface area contributed by atoms with E-state index in [9.17, 15) is 4.79 Å². The lowest BCUT2D eigenvalue weighted by atomic mass is 9.60. The third kappa shape index (κ3) is 3.89. The molecule has 1 spiro atoms. The summed E-state index contributed by atoms with van der Waals surface area (Å²) >= 11 is 0. The van der Waals surface area contributed by atoms with E-state index in [1.54, 1.807) is 0 Å². The lowest BCUT2D eigenvalue weighted by Gasteiger charge is -2.49. The van der Waals surface area contributed by atoms with Crippen molar-refractivity contribution in [2.75, 3.05) is 13.2 Å². The van der Waals surface area contributed by atoms with Crippen molar-refractivity contribution in [1.82, 2.24) is 0 Å². The summed E-state index contributed by atoms with van der Waals surface area (Å²) in [5.74, 6) is -0.171. The zero-order valence-electron chi connectivity index (χ0n) is 15.3. The van der Waals surface area contributed by atoms with E-state index in [-0.39, 0.29) is 10.8 Å². The quantitative estimate of drug-likeness (QED) is 0.795. The molecule has 1 aliphatic heterocycles. The SMILES string of the molecule is CC1(C)CC2(CC(C)(C(=O)CCCc3ccccc3)C1)OCCO2. The number of carbonyl (C=O) groups is 1. The summed E-state index contributed by atoms with van der Waals surface area (Å²) in [5.41, 5.74) is 1.02. The average molecular weight is 330 g/mol. The van der Waals surface area contributed by atoms with E-state index in [0.717, 1.165) is 25.7 Å². The van der Waals surface area contributed by atoms with Gasteiger partial charge in [-0.2, -0.15) is 0 Å². The number of hydrogen-bond donors (Lipinski definition) is 0. The topological polar surface area (TPSA) is 35.5 Å². The molecule has 1 saturated heterocycles. The van der Waals surface area contributed by atoms with Crippen LogP contribution < -0.4 is 0 Å². The molecule has 0 radical (unpaired) electrons. The van der Waals surface area contributed by atoms with Crippen LogP contribution in [0.2, 0.25) is 0 Å². The van der Waals surface area contributed by atoms with Gasteiger partial charge in [0.1, 0.15) is 5.78 Å². The molecule has 1 aromatic carbocycles. The highest BCUT2D eigenvalue weighted by Crippen LogP contribution is 2.54. The molecule has 1 atom stereocenters. The van der Waals surface area contributed by atoms with Gasteiger partial charge in [-0.1, -0.05) is 51.1 Å². The van der Waals surface area contributed by atoms with Gasteiger partial charge in [0.2, 0.25) is 0 Å². The highest BCUT2D eigenvalue weighted by Gasteiger charge is 2.54. The van der Waals surface area contributed by atoms with Crippen molar-refractivity contribution in [2.24, 2.45) is 10.8 Å². The molecule has 2 aliphatic rings. The lowest BCUT2D eigenvalue weighted by Crippen LogP contribution is -2.50. The van der Waals surface area contributed by atoms with Crippen molar-refractivity contribution in [2.45, 2.75) is 65.1 Å². The maximum Gasteiger partial charge on any atom is 0.169 e. The van der Waals surface area contributed by atoms with Crippen LogP contribution in [0.15, 0.2) is 30.3 Å². The highest BCUT2D eigenvalue weighted by atomic mass is 16.7. The Balaban J connectivity index is 1.63. The second-order valence-electron chi connectivity index (χ2n) is 8.63. The number of ether oxygens (including phenoxy) is 2. The molecule has 1 aliphatic carbocycles. The van der Waals surface area contributed by atoms with Gasteiger partial charge in [-0.05, 0) is 30.2 Å². The first-order valence-corrected chi connectivity index (χ1v) is 9.18. The number of aryl methyl sites for hydroxylation is 1. The van der Waals surface area contributed by atoms with Crippen LogP contribution in [-0.2, 0) is 20.7 Å². The summed E-state index contributed by atoms with van der Waals surface area (Å²) in [6.45, 7) is 7.87. The van der Waals surface area contributed by atoms with Gasteiger partial charge in [0.25, 0.3) is 0 Å². The van der Waals surface area contributed by atoms with E-state index in [4.69, 9.17) is 9.47 Å². The number of hydrogen-bond acceptors (Lipinski definition) is 3. The van der Waals surface area contributed by atoms with E-state index in [1.807, 2.05) is 6.07 Å². The van der Waals surface area contributed by atoms with Crippen LogP contribution in [0, 0.1) is 10.8 Å². The molecule has 1 heterocycles. The first kappa shape index (κ1) is 17.6. The fourth-order valence-corrected chi connectivity index (χ4v) is 4.87. The number of carbonyl (C=O) groups excluding carboxylic acids is 1. The summed E-state index contributed by atoms with van der Waals surface area (Å²) in [4.78, 5) is 13.0. The summed E-state index contributed by atoms with van der Waals surface area (Å²) in [5, 5.41) is 0. The van der Waals surface area contributed by atoms with Crippen LogP contribution in [0.5, 0.6) is 0 Å². The zero-order valence-corrected chi connectivity index (χ0v) is 15.3. The summed E-state index contributed by atoms with van der Waals surface area (Å²) in [6.07, 6.45) is 5.01. The van der Waals surface area contributed by atoms with Gasteiger partial charge in [0.05, 0.1) is 13.2 Å². The van der Waals surface area contributed by atoms with E-state index >= 15 is 0 Å². The molecule has 3 nitrogen and oxygen atoms in total. The molecular formula is C21H30O3. The molecule has 132 valence electrons. The molecule has 1 aromatic rings. The maximum absolute atomic E-state index is 13.0. The van der Waals surface area contributed by atoms with Crippen LogP contribution in [0.25, 0.3) is 0 Å². The van der Waals surface area contributed by atoms with Gasteiger partial charge < -0.3 is 9.47 Å². The molecule has 1 unspecified atom stereocenters. The molecule has 1 saturated carbocycles. The van der Waals surface area contributed by atoms with Crippen molar-refractivity contribution in [3.8, 4) is 0 Å². The van der Waals surface area contributed by atoms with Crippen molar-refractivity contribution < 1.29 is 14.3 Å². The maximum atomic E-state index is 13.0. The van der Waals surface area contributed by atoms with Crippen molar-refractivity contribution in [3.05, 3.63) is 35.9 Å². The number of ketones is 1. The smallest absolute Gasteiger partial charge is 0.169 e. The van der Waals surface area contributed by atoms with Gasteiger partial charge in [-0.25, -0.2) is 0 Å². The first-order chi connectivity index (χ1) is 11.3. The minimum Gasteiger partial charge on any atom is -0.347 e. The van der Waals surface area contributed by atoms with E-state index in [0.29, 0.717) is 31.8 Å². The second kappa shape index (κ2) is 6.61. The largest absolute Gasteiger partial charge is 0.347 e. The summed E-state index contributed by atoms with van der Waals surface area (Å²) in [6, 6.07) is 10.4. The predicted molar refractivity (Wildman–Crippen MR) is 94.8 cm³/mol. The molecule has 0 amide bonds. The number of rotatable bonds is 5. The molecule has 0 aromatic heterocycles. The predicted octanol–water partition coefficient (Wildman–Crippen LogP) is 4.54. The third-order valence-electron chi connectivity index (χ3n) is 5.47. The zero-order chi connectivity index (χ0) is 17.3. The Bertz CT molecular complexity index is 572. The van der Waals surface area contributed by atoms with Crippen LogP contribution >= 0.6 is 0 Å². The van der Waals surface area contributed by atoms with Crippen molar-refractivity contribution in [3.63, 3.8) is 0 Å². The standard InChI is InChI=1S/C21H30O3/c1-19(2)14-20(3,16-21(15-19)23-12-13-24-21)18(22)11-7-10-17-8-5-4-6-9-17/h4-6,8-9H,7,10-16H2,1-3H3. The fourth-order valence-electron chi connectivity index (χ4n) is 4.87. The average Bonchev–Trinajstić information content (AvgIpc) is 2.93. The Morgan fingerprint density at radius 3 is 2.33 bits per heavy atom. The van der Waals surface area contributed by atoms with Crippen LogP contribution in [0.1, 0.15) is 58.4 Å². The lowest BCUT2D eigenvalue weighted by molar-refractivity contribution is -0.223. The van der Waals surface area contributed by atoms with E-state index < -0.39 is 5.79 Å². The molecule has 3 heteroatoms. The monoisotopic (exact) mass is 330 g/mol. The molecule has 2 fully saturated rings. The first-order valence-electron chi connectivity index (χ1n) is 9.18. The Morgan fingerprint density at radius 2 is 1.67 bits per heavy atom. The number of Topliss-reactive ketones (excluding diaryl/α,β-unsaturated/α-hetero) is 1. The Labute approximate surface area is 145 Å². The van der Waals surface area contributed by atoms with Crippen molar-refractivity contribution >= 4 is 5.78 Å². The molecule has 0 bridgehead atoms. The van der Waals surface area contributed by atoms with Gasteiger partial charge in [0.15, 0.2) is 5.79 Å². The second-order valence-corrected chi connectivity index (χ2v) is 8.63. The van der Waals surface area contributed by atoms with Gasteiger partial charge >= 0.3 is 0 Å². The van der Waals surface area contributed by atoms with E-state index in [2.05, 4.69) is 45.0 Å². The van der Waals surface area contributed by atoms with E-state index in [1.165, 1.54) is 5.56 Å². The highest BCUT2D eigenvalue weighted by molar-refractivity contribution is 5.84. The molecule has 24 heavy (non-hydrogen) atoms.